The first-order valence-electron chi connectivity index (χ1n) is 9.00. The molecule has 1 N–H and O–H groups in total. The summed E-state index contributed by atoms with van der Waals surface area (Å²) in [6.45, 7) is 5.95. The van der Waals surface area contributed by atoms with E-state index in [0.717, 1.165) is 16.9 Å². The van der Waals surface area contributed by atoms with Gasteiger partial charge in [-0.15, -0.1) is 0 Å². The van der Waals surface area contributed by atoms with Gasteiger partial charge in [-0.1, -0.05) is 26.0 Å². The van der Waals surface area contributed by atoms with Crippen LogP contribution in [0.1, 0.15) is 36.8 Å². The van der Waals surface area contributed by atoms with Crippen LogP contribution in [0.4, 0.5) is 0 Å². The number of oxazole rings is 1. The molecular weight excluding hydrogens is 376 g/mol. The number of hydrogen-bond acceptors (Lipinski definition) is 5. The molecule has 0 saturated heterocycles. The van der Waals surface area contributed by atoms with Crippen LogP contribution in [0.25, 0.3) is 11.5 Å². The van der Waals surface area contributed by atoms with Gasteiger partial charge in [-0.3, -0.25) is 0 Å². The summed E-state index contributed by atoms with van der Waals surface area (Å²) in [5, 5.41) is 0. The highest BCUT2D eigenvalue weighted by Gasteiger charge is 2.17. The molecule has 0 amide bonds. The van der Waals surface area contributed by atoms with E-state index >= 15 is 0 Å². The second kappa shape index (κ2) is 8.16. The molecular formula is C21H24N2O4S. The molecule has 7 heteroatoms. The molecule has 3 aromatic rings. The Bertz CT molecular complexity index is 1040. The van der Waals surface area contributed by atoms with E-state index in [4.69, 9.17) is 9.15 Å². The second-order valence-corrected chi connectivity index (χ2v) is 8.57. The lowest BCUT2D eigenvalue weighted by atomic mass is 10.0. The third-order valence-electron chi connectivity index (χ3n) is 4.52. The summed E-state index contributed by atoms with van der Waals surface area (Å²) < 4.78 is 38.6. The first kappa shape index (κ1) is 20.1. The first-order valence-corrected chi connectivity index (χ1v) is 10.5. The molecule has 0 aliphatic carbocycles. The van der Waals surface area contributed by atoms with E-state index < -0.39 is 10.0 Å². The minimum Gasteiger partial charge on any atom is -0.497 e. The summed E-state index contributed by atoms with van der Waals surface area (Å²) in [5.41, 5.74) is 2.44. The number of aromatic nitrogens is 1. The number of nitrogens with zero attached hydrogens (tertiary/aromatic N) is 1. The Morgan fingerprint density at radius 3 is 2.29 bits per heavy atom. The van der Waals surface area contributed by atoms with Crippen molar-refractivity contribution in [2.24, 2.45) is 0 Å². The van der Waals surface area contributed by atoms with Gasteiger partial charge in [-0.25, -0.2) is 18.1 Å². The third kappa shape index (κ3) is 4.43. The van der Waals surface area contributed by atoms with Crippen molar-refractivity contribution < 1.29 is 17.6 Å². The van der Waals surface area contributed by atoms with Crippen LogP contribution in [0.15, 0.2) is 57.8 Å². The minimum absolute atomic E-state index is 0.0553. The van der Waals surface area contributed by atoms with E-state index in [9.17, 15) is 8.42 Å². The Hall–Kier alpha value is -2.64. The molecule has 2 aromatic carbocycles. The average Bonchev–Trinajstić information content (AvgIpc) is 3.07. The minimum atomic E-state index is -3.63. The fourth-order valence-electron chi connectivity index (χ4n) is 2.73. The molecule has 148 valence electrons. The van der Waals surface area contributed by atoms with Crippen LogP contribution in [-0.2, 0) is 16.6 Å². The van der Waals surface area contributed by atoms with Crippen LogP contribution in [-0.4, -0.2) is 20.5 Å². The van der Waals surface area contributed by atoms with E-state index in [1.165, 1.54) is 0 Å². The maximum atomic E-state index is 12.6. The fourth-order valence-corrected chi connectivity index (χ4v) is 3.72. The third-order valence-corrected chi connectivity index (χ3v) is 5.93. The Morgan fingerprint density at radius 1 is 1.07 bits per heavy atom. The number of aryl methyl sites for hydroxylation is 1. The van der Waals surface area contributed by atoms with Gasteiger partial charge in [0.2, 0.25) is 15.9 Å². The zero-order valence-electron chi connectivity index (χ0n) is 16.4. The number of ether oxygens (including phenoxy) is 1. The van der Waals surface area contributed by atoms with Gasteiger partial charge in [0.15, 0.2) is 0 Å². The standard InChI is InChI=1S/C21H24N2O4S/c1-14(2)16-7-11-19(12-8-16)28(24,25)22-13-20-15(3)27-21(23-20)17-5-9-18(26-4)10-6-17/h5-12,14,22H,13H2,1-4H3. The highest BCUT2D eigenvalue weighted by atomic mass is 32.2. The fraction of sp³-hybridized carbons (Fsp3) is 0.286. The molecule has 0 saturated carbocycles. The van der Waals surface area contributed by atoms with Crippen LogP contribution in [0.3, 0.4) is 0 Å². The molecule has 0 unspecified atom stereocenters. The SMILES string of the molecule is COc1ccc(-c2nc(CNS(=O)(=O)c3ccc(C(C)C)cc3)c(C)o2)cc1. The lowest BCUT2D eigenvalue weighted by Crippen LogP contribution is -2.23. The van der Waals surface area contributed by atoms with E-state index in [0.29, 0.717) is 23.3 Å². The Balaban J connectivity index is 1.74. The number of rotatable bonds is 7. The lowest BCUT2D eigenvalue weighted by Gasteiger charge is -2.08. The topological polar surface area (TPSA) is 81.4 Å². The largest absolute Gasteiger partial charge is 0.497 e. The summed E-state index contributed by atoms with van der Waals surface area (Å²) in [4.78, 5) is 4.67. The van der Waals surface area contributed by atoms with Crippen molar-refractivity contribution in [3.8, 4) is 17.2 Å². The van der Waals surface area contributed by atoms with Gasteiger partial charge in [0, 0.05) is 5.56 Å². The Morgan fingerprint density at radius 2 is 1.71 bits per heavy atom. The zero-order chi connectivity index (χ0) is 20.3. The predicted octanol–water partition coefficient (Wildman–Crippen LogP) is 4.26. The molecule has 6 nitrogen and oxygen atoms in total. The molecule has 3 rings (SSSR count). The van der Waals surface area contributed by atoms with Crippen LogP contribution < -0.4 is 9.46 Å². The number of benzene rings is 2. The molecule has 0 fully saturated rings. The van der Waals surface area contributed by atoms with Crippen LogP contribution in [0, 0.1) is 6.92 Å². The van der Waals surface area contributed by atoms with Crippen LogP contribution >= 0.6 is 0 Å². The molecule has 0 aliphatic heterocycles. The van der Waals surface area contributed by atoms with Gasteiger partial charge in [0.05, 0.1) is 24.2 Å². The average molecular weight is 401 g/mol. The summed E-state index contributed by atoms with van der Waals surface area (Å²) in [6.07, 6.45) is 0. The van der Waals surface area contributed by atoms with Crippen molar-refractivity contribution in [3.63, 3.8) is 0 Å². The van der Waals surface area contributed by atoms with E-state index in [1.807, 2.05) is 36.4 Å². The van der Waals surface area contributed by atoms with Crippen molar-refractivity contribution in [2.75, 3.05) is 7.11 Å². The molecule has 28 heavy (non-hydrogen) atoms. The van der Waals surface area contributed by atoms with Crippen molar-refractivity contribution in [3.05, 3.63) is 65.5 Å². The van der Waals surface area contributed by atoms with Crippen molar-refractivity contribution in [1.29, 1.82) is 0 Å². The first-order chi connectivity index (χ1) is 13.3. The zero-order valence-corrected chi connectivity index (χ0v) is 17.2. The Kier molecular flexibility index (Phi) is 5.86. The molecule has 0 radical (unpaired) electrons. The van der Waals surface area contributed by atoms with E-state index in [1.54, 1.807) is 26.2 Å². The summed E-state index contributed by atoms with van der Waals surface area (Å²) in [7, 11) is -2.03. The summed E-state index contributed by atoms with van der Waals surface area (Å²) in [5.74, 6) is 2.10. The second-order valence-electron chi connectivity index (χ2n) is 6.80. The number of hydrogen-bond donors (Lipinski definition) is 1. The molecule has 0 bridgehead atoms. The monoisotopic (exact) mass is 400 g/mol. The van der Waals surface area contributed by atoms with Crippen molar-refractivity contribution in [1.82, 2.24) is 9.71 Å². The normalized spacial score (nSPS) is 11.8. The van der Waals surface area contributed by atoms with Gasteiger partial charge in [-0.2, -0.15) is 0 Å². The van der Waals surface area contributed by atoms with Crippen LogP contribution in [0.2, 0.25) is 0 Å². The van der Waals surface area contributed by atoms with Crippen molar-refractivity contribution >= 4 is 10.0 Å². The maximum absolute atomic E-state index is 12.6. The van der Waals surface area contributed by atoms with E-state index in [2.05, 4.69) is 23.6 Å². The number of sulfonamides is 1. The quantitative estimate of drug-likeness (QED) is 0.641. The molecule has 0 aliphatic rings. The highest BCUT2D eigenvalue weighted by Crippen LogP contribution is 2.24. The predicted molar refractivity (Wildman–Crippen MR) is 108 cm³/mol. The van der Waals surface area contributed by atoms with Gasteiger partial charge >= 0.3 is 0 Å². The van der Waals surface area contributed by atoms with Gasteiger partial charge in [0.25, 0.3) is 0 Å². The van der Waals surface area contributed by atoms with Gasteiger partial charge < -0.3 is 9.15 Å². The van der Waals surface area contributed by atoms with E-state index in [-0.39, 0.29) is 11.4 Å². The Labute approximate surface area is 165 Å². The molecule has 1 aromatic heterocycles. The van der Waals surface area contributed by atoms with Gasteiger partial charge in [0.1, 0.15) is 11.5 Å². The van der Waals surface area contributed by atoms with Gasteiger partial charge in [-0.05, 0) is 54.8 Å². The molecule has 0 atom stereocenters. The van der Waals surface area contributed by atoms with Crippen LogP contribution in [0.5, 0.6) is 5.75 Å². The number of nitrogens with one attached hydrogen (secondary N) is 1. The number of methoxy groups -OCH3 is 1. The molecule has 0 spiro atoms. The highest BCUT2D eigenvalue weighted by molar-refractivity contribution is 7.89. The summed E-state index contributed by atoms with van der Waals surface area (Å²) in [6, 6.07) is 14.2. The summed E-state index contributed by atoms with van der Waals surface area (Å²) >= 11 is 0. The molecule has 1 heterocycles. The smallest absolute Gasteiger partial charge is 0.240 e. The maximum Gasteiger partial charge on any atom is 0.240 e. The lowest BCUT2D eigenvalue weighted by molar-refractivity contribution is 0.415. The van der Waals surface area contributed by atoms with Crippen molar-refractivity contribution in [2.45, 2.75) is 38.1 Å².